The maximum absolute atomic E-state index is 12.8. The Kier molecular flexibility index (Phi) is 6.85. The molecule has 0 unspecified atom stereocenters. The highest BCUT2D eigenvalue weighted by Gasteiger charge is 2.17. The lowest BCUT2D eigenvalue weighted by Crippen LogP contribution is -2.28. The second-order valence-electron chi connectivity index (χ2n) is 5.45. The molecule has 0 bridgehead atoms. The number of esters is 1. The van der Waals surface area contributed by atoms with E-state index in [-0.39, 0.29) is 4.90 Å². The molecule has 26 heavy (non-hydrogen) atoms. The van der Waals surface area contributed by atoms with Crippen LogP contribution in [0.4, 0.5) is 4.39 Å². The maximum Gasteiger partial charge on any atom is 0.307 e. The molecule has 0 aliphatic heterocycles. The summed E-state index contributed by atoms with van der Waals surface area (Å²) < 4.78 is 41.7. The van der Waals surface area contributed by atoms with Crippen LogP contribution in [0.2, 0.25) is 0 Å². The van der Waals surface area contributed by atoms with E-state index >= 15 is 0 Å². The van der Waals surface area contributed by atoms with Gasteiger partial charge in [-0.15, -0.1) is 0 Å². The Labute approximate surface area is 150 Å². The topological polar surface area (TPSA) is 89.5 Å². The van der Waals surface area contributed by atoms with Gasteiger partial charge in [0.1, 0.15) is 5.82 Å². The van der Waals surface area contributed by atoms with Crippen molar-refractivity contribution in [2.24, 2.45) is 0 Å². The van der Waals surface area contributed by atoms with E-state index in [4.69, 9.17) is 4.74 Å². The highest BCUT2D eigenvalue weighted by atomic mass is 32.2. The van der Waals surface area contributed by atoms with Crippen LogP contribution in [0.1, 0.15) is 12.0 Å². The average Bonchev–Trinajstić information content (AvgIpc) is 2.64. The normalized spacial score (nSPS) is 11.0. The van der Waals surface area contributed by atoms with E-state index in [1.807, 2.05) is 30.3 Å². The van der Waals surface area contributed by atoms with Crippen LogP contribution in [-0.2, 0) is 30.7 Å². The van der Waals surface area contributed by atoms with E-state index in [0.29, 0.717) is 6.54 Å². The highest BCUT2D eigenvalue weighted by molar-refractivity contribution is 7.91. The molecule has 2 rings (SSSR count). The van der Waals surface area contributed by atoms with Gasteiger partial charge in [-0.05, 0) is 29.8 Å². The van der Waals surface area contributed by atoms with Gasteiger partial charge >= 0.3 is 5.97 Å². The van der Waals surface area contributed by atoms with Crippen LogP contribution in [-0.4, -0.2) is 32.7 Å². The lowest BCUT2D eigenvalue weighted by atomic mass is 10.2. The summed E-state index contributed by atoms with van der Waals surface area (Å²) >= 11 is 0. The van der Waals surface area contributed by atoms with Crippen molar-refractivity contribution in [3.05, 3.63) is 66.0 Å². The molecule has 0 aliphatic carbocycles. The molecule has 0 atom stereocenters. The summed E-state index contributed by atoms with van der Waals surface area (Å²) in [5, 5.41) is 2.59. The van der Waals surface area contributed by atoms with Crippen LogP contribution >= 0.6 is 0 Å². The van der Waals surface area contributed by atoms with Gasteiger partial charge < -0.3 is 10.1 Å². The van der Waals surface area contributed by atoms with Crippen molar-refractivity contribution in [2.75, 3.05) is 12.4 Å². The molecule has 0 aromatic heterocycles. The predicted octanol–water partition coefficient (Wildman–Crippen LogP) is 1.85. The standard InChI is InChI=1S/C18H18FNO5S/c19-15-6-8-16(9-7-15)26(23,24)11-10-18(22)25-13-17(21)20-12-14-4-2-1-3-5-14/h1-9H,10-13H2,(H,20,21). The number of carbonyl (C=O) groups is 2. The third-order valence-electron chi connectivity index (χ3n) is 3.44. The van der Waals surface area contributed by atoms with Crippen molar-refractivity contribution in [2.45, 2.75) is 17.9 Å². The Morgan fingerprint density at radius 1 is 1.00 bits per heavy atom. The van der Waals surface area contributed by atoms with Crippen LogP contribution < -0.4 is 5.32 Å². The minimum absolute atomic E-state index is 0.0766. The van der Waals surface area contributed by atoms with Crippen LogP contribution in [0.15, 0.2) is 59.5 Å². The Morgan fingerprint density at radius 3 is 2.31 bits per heavy atom. The van der Waals surface area contributed by atoms with Crippen molar-refractivity contribution in [3.63, 3.8) is 0 Å². The number of sulfone groups is 1. The number of nitrogens with one attached hydrogen (secondary N) is 1. The molecular formula is C18H18FNO5S. The zero-order valence-corrected chi connectivity index (χ0v) is 14.7. The lowest BCUT2D eigenvalue weighted by molar-refractivity contribution is -0.148. The molecule has 0 aliphatic rings. The Morgan fingerprint density at radius 2 is 1.65 bits per heavy atom. The third kappa shape index (κ3) is 6.29. The minimum atomic E-state index is -3.72. The van der Waals surface area contributed by atoms with Crippen molar-refractivity contribution >= 4 is 21.7 Å². The number of hydrogen-bond donors (Lipinski definition) is 1. The summed E-state index contributed by atoms with van der Waals surface area (Å²) in [6.45, 7) is -0.182. The quantitative estimate of drug-likeness (QED) is 0.558. The van der Waals surface area contributed by atoms with Gasteiger partial charge in [-0.25, -0.2) is 12.8 Å². The molecule has 6 nitrogen and oxygen atoms in total. The Bertz CT molecular complexity index is 851. The Balaban J connectivity index is 1.73. The van der Waals surface area contributed by atoms with Gasteiger partial charge in [0.15, 0.2) is 16.4 Å². The first-order valence-electron chi connectivity index (χ1n) is 7.81. The fourth-order valence-corrected chi connectivity index (χ4v) is 3.27. The van der Waals surface area contributed by atoms with Gasteiger partial charge in [-0.2, -0.15) is 0 Å². The van der Waals surface area contributed by atoms with Gasteiger partial charge in [0.05, 0.1) is 17.1 Å². The zero-order chi connectivity index (χ0) is 19.0. The second kappa shape index (κ2) is 9.10. The first-order valence-corrected chi connectivity index (χ1v) is 9.46. The SMILES string of the molecule is O=C(COC(=O)CCS(=O)(=O)c1ccc(F)cc1)NCc1ccccc1. The van der Waals surface area contributed by atoms with Gasteiger partial charge in [-0.3, -0.25) is 9.59 Å². The average molecular weight is 379 g/mol. The molecule has 0 fully saturated rings. The third-order valence-corrected chi connectivity index (χ3v) is 5.18. The van der Waals surface area contributed by atoms with Crippen LogP contribution in [0.25, 0.3) is 0 Å². The summed E-state index contributed by atoms with van der Waals surface area (Å²) in [6, 6.07) is 13.5. The molecule has 1 amide bonds. The molecule has 0 radical (unpaired) electrons. The summed E-state index contributed by atoms with van der Waals surface area (Å²) in [5.74, 6) is -2.32. The molecule has 2 aromatic carbocycles. The molecule has 138 valence electrons. The summed E-state index contributed by atoms with van der Waals surface area (Å²) in [4.78, 5) is 23.2. The monoisotopic (exact) mass is 379 g/mol. The maximum atomic E-state index is 12.8. The van der Waals surface area contributed by atoms with Gasteiger partial charge in [0.25, 0.3) is 5.91 Å². The Hall–Kier alpha value is -2.74. The molecule has 2 aromatic rings. The van der Waals surface area contributed by atoms with Crippen molar-refractivity contribution < 1.29 is 27.1 Å². The van der Waals surface area contributed by atoms with Crippen LogP contribution in [0, 0.1) is 5.82 Å². The highest BCUT2D eigenvalue weighted by Crippen LogP contribution is 2.13. The summed E-state index contributed by atoms with van der Waals surface area (Å²) in [6.07, 6.45) is -0.397. The fraction of sp³-hybridized carbons (Fsp3) is 0.222. The van der Waals surface area contributed by atoms with Gasteiger partial charge in [0, 0.05) is 6.54 Å². The number of rotatable bonds is 8. The number of benzene rings is 2. The van der Waals surface area contributed by atoms with E-state index in [1.54, 1.807) is 0 Å². The number of amides is 1. The van der Waals surface area contributed by atoms with E-state index < -0.39 is 46.3 Å². The largest absolute Gasteiger partial charge is 0.456 e. The molecular weight excluding hydrogens is 361 g/mol. The summed E-state index contributed by atoms with van der Waals surface area (Å²) in [5.41, 5.74) is 0.901. The number of halogens is 1. The smallest absolute Gasteiger partial charge is 0.307 e. The van der Waals surface area contributed by atoms with Gasteiger partial charge in [-0.1, -0.05) is 30.3 Å². The van der Waals surface area contributed by atoms with Crippen LogP contribution in [0.5, 0.6) is 0 Å². The van der Waals surface area contributed by atoms with Crippen molar-refractivity contribution in [1.29, 1.82) is 0 Å². The minimum Gasteiger partial charge on any atom is -0.456 e. The molecule has 8 heteroatoms. The lowest BCUT2D eigenvalue weighted by Gasteiger charge is -2.07. The molecule has 0 saturated carbocycles. The van der Waals surface area contributed by atoms with Crippen LogP contribution in [0.3, 0.4) is 0 Å². The van der Waals surface area contributed by atoms with E-state index in [0.717, 1.165) is 29.8 Å². The number of hydrogen-bond acceptors (Lipinski definition) is 5. The molecule has 0 spiro atoms. The number of carbonyl (C=O) groups excluding carboxylic acids is 2. The van der Waals surface area contributed by atoms with Gasteiger partial charge in [0.2, 0.25) is 0 Å². The zero-order valence-electron chi connectivity index (χ0n) is 13.9. The molecule has 0 heterocycles. The van der Waals surface area contributed by atoms with Crippen molar-refractivity contribution in [3.8, 4) is 0 Å². The van der Waals surface area contributed by atoms with E-state index in [2.05, 4.69) is 5.32 Å². The van der Waals surface area contributed by atoms with E-state index in [9.17, 15) is 22.4 Å². The molecule has 0 saturated heterocycles. The first-order chi connectivity index (χ1) is 12.4. The second-order valence-corrected chi connectivity index (χ2v) is 7.55. The summed E-state index contributed by atoms with van der Waals surface area (Å²) in [7, 11) is -3.72. The van der Waals surface area contributed by atoms with Crippen molar-refractivity contribution in [1.82, 2.24) is 5.32 Å². The first kappa shape index (κ1) is 19.6. The number of ether oxygens (including phenoxy) is 1. The molecule has 1 N–H and O–H groups in total. The van der Waals surface area contributed by atoms with E-state index in [1.165, 1.54) is 0 Å². The predicted molar refractivity (Wildman–Crippen MR) is 92.3 cm³/mol. The fourth-order valence-electron chi connectivity index (χ4n) is 2.04.